The van der Waals surface area contributed by atoms with Crippen LogP contribution in [0.1, 0.15) is 32.1 Å². The first-order chi connectivity index (χ1) is 24.7. The molecule has 1 aliphatic rings. The van der Waals surface area contributed by atoms with Gasteiger partial charge >= 0.3 is 25.8 Å². The van der Waals surface area contributed by atoms with Crippen LogP contribution in [0.25, 0.3) is 66.1 Å². The Bertz CT molecular complexity index is 2230. The van der Waals surface area contributed by atoms with Gasteiger partial charge < -0.3 is 14.9 Å². The third kappa shape index (κ3) is 6.93. The van der Waals surface area contributed by atoms with Crippen molar-refractivity contribution in [2.45, 2.75) is 44.2 Å². The van der Waals surface area contributed by atoms with Gasteiger partial charge in [0, 0.05) is 8.07 Å². The topological polar surface area (TPSA) is 0 Å². The molecule has 0 spiro atoms. The van der Waals surface area contributed by atoms with Crippen molar-refractivity contribution in [2.24, 2.45) is 0 Å². The Morgan fingerprint density at radius 2 is 0.755 bits per heavy atom. The van der Waals surface area contributed by atoms with E-state index in [4.69, 9.17) is 0 Å². The molecule has 2 heteroatoms. The molecule has 1 fully saturated rings. The van der Waals surface area contributed by atoms with E-state index in [-0.39, 0.29) is 40.7 Å². The van der Waals surface area contributed by atoms with Gasteiger partial charge in [0.05, 0.1) is 0 Å². The van der Waals surface area contributed by atoms with Gasteiger partial charge in [0.2, 0.25) is 0 Å². The van der Waals surface area contributed by atoms with E-state index < -0.39 is 8.07 Å². The van der Waals surface area contributed by atoms with Crippen molar-refractivity contribution in [3.63, 3.8) is 0 Å². The van der Waals surface area contributed by atoms with Gasteiger partial charge in [-0.3, -0.25) is 0 Å². The number of benzene rings is 6. The van der Waals surface area contributed by atoms with Gasteiger partial charge in [-0.05, 0) is 22.3 Å². The van der Waals surface area contributed by atoms with Crippen LogP contribution in [0.4, 0.5) is 0 Å². The van der Waals surface area contributed by atoms with Gasteiger partial charge in [0.1, 0.15) is 0 Å². The molecule has 53 heavy (non-hydrogen) atoms. The zero-order valence-electron chi connectivity index (χ0n) is 31.3. The summed E-state index contributed by atoms with van der Waals surface area (Å²) < 4.78 is 0. The molecule has 0 aromatic heterocycles. The summed E-state index contributed by atoms with van der Waals surface area (Å²) in [7, 11) is -2.43. The van der Waals surface area contributed by atoms with Crippen molar-refractivity contribution in [3.8, 4) is 44.5 Å². The van der Waals surface area contributed by atoms with Crippen LogP contribution < -0.4 is 10.4 Å². The minimum Gasteiger partial charge on any atom is -0.358 e. The van der Waals surface area contributed by atoms with E-state index in [2.05, 4.69) is 176 Å². The summed E-state index contributed by atoms with van der Waals surface area (Å²) in [6.07, 6.45) is 6.62. The van der Waals surface area contributed by atoms with Crippen LogP contribution in [0, 0.1) is 14.9 Å². The molecule has 0 aliphatic heterocycles. The summed E-state index contributed by atoms with van der Waals surface area (Å²) in [4.78, 5) is 0. The molecule has 0 saturated heterocycles. The fourth-order valence-electron chi connectivity index (χ4n) is 9.18. The Morgan fingerprint density at radius 1 is 0.415 bits per heavy atom. The van der Waals surface area contributed by atoms with Crippen molar-refractivity contribution < 1.29 is 25.8 Å². The molecule has 0 atom stereocenters. The van der Waals surface area contributed by atoms with E-state index in [9.17, 15) is 0 Å². The fraction of sp³-hybridized carbons (Fsp3) is 0.137. The number of rotatable bonds is 7. The van der Waals surface area contributed by atoms with Gasteiger partial charge in [-0.2, -0.15) is 0 Å². The standard InChI is InChI=1S/C49H42Si.2CH3.Hf/c1-50(43-21-9-4-10-22-43,48-44-23-13-11-19-41(44)33-46(48)39-29-25-37(26-30-39)35-15-5-2-6-16-35)49-45-24-14-12-20-42(45)34-47(49)40-31-27-38(28-32-40)36-17-7-3-8-18-36;;;/h2-3,5-8,11-20,23-34,43H,4,9-10,21-22H2,1H3;2*1H3;/q-2;2*-1;+4. The second kappa shape index (κ2) is 16.3. The maximum Gasteiger partial charge on any atom is 4.00 e. The molecular weight excluding hydrogens is 819 g/mol. The van der Waals surface area contributed by atoms with Crippen LogP contribution in [0.3, 0.4) is 0 Å². The van der Waals surface area contributed by atoms with Crippen molar-refractivity contribution in [1.82, 2.24) is 0 Å². The molecule has 0 radical (unpaired) electrons. The van der Waals surface area contributed by atoms with E-state index in [1.165, 1.54) is 98.2 Å². The Kier molecular flexibility index (Phi) is 11.8. The number of hydrogen-bond donors (Lipinski definition) is 0. The van der Waals surface area contributed by atoms with E-state index >= 15 is 0 Å². The zero-order chi connectivity index (χ0) is 33.5. The van der Waals surface area contributed by atoms with Crippen LogP contribution in [0.2, 0.25) is 12.1 Å². The predicted octanol–water partition coefficient (Wildman–Crippen LogP) is 13.5. The third-order valence-electron chi connectivity index (χ3n) is 11.7. The molecular formula is C51H48HfSi. The van der Waals surface area contributed by atoms with Gasteiger partial charge in [0.25, 0.3) is 0 Å². The smallest absolute Gasteiger partial charge is 0.358 e. The van der Waals surface area contributed by atoms with Gasteiger partial charge in [-0.25, -0.2) is 0 Å². The molecule has 0 unspecified atom stereocenters. The van der Waals surface area contributed by atoms with Crippen molar-refractivity contribution >= 4 is 40.0 Å². The number of hydrogen-bond acceptors (Lipinski definition) is 0. The van der Waals surface area contributed by atoms with E-state index in [0.29, 0.717) is 5.54 Å². The Balaban J connectivity index is 0.00000160. The maximum absolute atomic E-state index is 2.75. The molecule has 0 bridgehead atoms. The molecule has 9 rings (SSSR count). The average Bonchev–Trinajstić information content (AvgIpc) is 3.79. The van der Waals surface area contributed by atoms with Crippen LogP contribution in [0.5, 0.6) is 0 Å². The molecule has 0 heterocycles. The Hall–Kier alpha value is -4.37. The summed E-state index contributed by atoms with van der Waals surface area (Å²) in [6, 6.07) is 63.8. The van der Waals surface area contributed by atoms with Crippen molar-refractivity contribution in [2.75, 3.05) is 0 Å². The monoisotopic (exact) mass is 868 g/mol. The van der Waals surface area contributed by atoms with Gasteiger partial charge in [-0.1, -0.05) is 201 Å². The molecule has 8 aromatic carbocycles. The molecule has 0 N–H and O–H groups in total. The molecule has 1 saturated carbocycles. The summed E-state index contributed by atoms with van der Waals surface area (Å²) >= 11 is 0. The molecule has 260 valence electrons. The Morgan fingerprint density at radius 3 is 1.17 bits per heavy atom. The first-order valence-corrected chi connectivity index (χ1v) is 21.0. The van der Waals surface area contributed by atoms with Crippen molar-refractivity contribution in [3.05, 3.63) is 185 Å². The summed E-state index contributed by atoms with van der Waals surface area (Å²) in [5, 5.41) is 8.89. The molecule has 1 aliphatic carbocycles. The van der Waals surface area contributed by atoms with Crippen molar-refractivity contribution in [1.29, 1.82) is 0 Å². The summed E-state index contributed by atoms with van der Waals surface area (Å²) in [5.41, 5.74) is 11.2. The second-order valence-electron chi connectivity index (χ2n) is 14.5. The largest absolute Gasteiger partial charge is 4.00 e. The zero-order valence-corrected chi connectivity index (χ0v) is 35.9. The minimum atomic E-state index is -2.43. The second-order valence-corrected chi connectivity index (χ2v) is 18.7. The van der Waals surface area contributed by atoms with Crippen LogP contribution in [0.15, 0.2) is 170 Å². The third-order valence-corrected chi connectivity index (χ3v) is 17.0. The predicted molar refractivity (Wildman–Crippen MR) is 231 cm³/mol. The summed E-state index contributed by atoms with van der Waals surface area (Å²) in [5.74, 6) is 0. The van der Waals surface area contributed by atoms with Crippen LogP contribution in [-0.2, 0) is 25.8 Å². The first-order valence-electron chi connectivity index (χ1n) is 18.4. The van der Waals surface area contributed by atoms with Crippen LogP contribution >= 0.6 is 0 Å². The number of fused-ring (bicyclic) bond motifs is 2. The maximum atomic E-state index is 2.75. The van der Waals surface area contributed by atoms with E-state index in [1.807, 2.05) is 0 Å². The first kappa shape index (κ1) is 38.4. The van der Waals surface area contributed by atoms with Crippen LogP contribution in [-0.4, -0.2) is 8.07 Å². The van der Waals surface area contributed by atoms with E-state index in [1.54, 1.807) is 10.4 Å². The van der Waals surface area contributed by atoms with Gasteiger partial charge in [-0.15, -0.1) is 67.3 Å². The summed E-state index contributed by atoms with van der Waals surface area (Å²) in [6.45, 7) is 2.75. The average molecular weight is 868 g/mol. The minimum absolute atomic E-state index is 0. The molecule has 0 amide bonds. The SMILES string of the molecule is C[Si](c1c(-c2ccc(-c3ccccc3)cc2)[cH-]c2ccccc12)(c1c(-c2ccc(-c3ccccc3)cc2)[cH-]c2ccccc12)C1CCCCC1.[CH3-].[CH3-].[Hf+4]. The molecule has 8 aromatic rings. The Labute approximate surface area is 337 Å². The normalized spacial score (nSPS) is 13.2. The van der Waals surface area contributed by atoms with E-state index in [0.717, 1.165) is 0 Å². The quantitative estimate of drug-likeness (QED) is 0.111. The fourth-order valence-corrected chi connectivity index (χ4v) is 14.9. The van der Waals surface area contributed by atoms with Gasteiger partial charge in [0.15, 0.2) is 0 Å². The molecule has 0 nitrogen and oxygen atoms in total.